The number of hydrogen-bond donors (Lipinski definition) is 3. The zero-order valence-electron chi connectivity index (χ0n) is 20.4. The average molecular weight is 477 g/mol. The van der Waals surface area contributed by atoms with Gasteiger partial charge in [-0.1, -0.05) is 6.92 Å². The molecule has 1 aromatic rings. The smallest absolute Gasteiger partial charge is 0.342 e. The number of carbonyl (C=O) groups is 2. The van der Waals surface area contributed by atoms with E-state index in [0.29, 0.717) is 22.4 Å². The van der Waals surface area contributed by atoms with Crippen molar-refractivity contribution < 1.29 is 43.9 Å². The summed E-state index contributed by atoms with van der Waals surface area (Å²) in [6.07, 6.45) is -2.36. The Hall–Kier alpha value is -2.36. The number of esters is 2. The number of methoxy groups -OCH3 is 1. The molecule has 3 aliphatic heterocycles. The molecule has 186 valence electrons. The first kappa shape index (κ1) is 23.4. The number of aliphatic hydroxyl groups is 3. The second-order valence-electron chi connectivity index (χ2n) is 11.1. The van der Waals surface area contributed by atoms with Gasteiger partial charge in [0, 0.05) is 29.7 Å². The van der Waals surface area contributed by atoms with Crippen LogP contribution in [0.3, 0.4) is 0 Å². The maximum absolute atomic E-state index is 12.5. The van der Waals surface area contributed by atoms with Crippen molar-refractivity contribution in [1.82, 2.24) is 0 Å². The Labute approximate surface area is 198 Å². The summed E-state index contributed by atoms with van der Waals surface area (Å²) in [6.45, 7) is 8.61. The predicted molar refractivity (Wildman–Crippen MR) is 117 cm³/mol. The Morgan fingerprint density at radius 2 is 1.76 bits per heavy atom. The van der Waals surface area contributed by atoms with Gasteiger partial charge >= 0.3 is 11.9 Å². The number of cyclic esters (lactones) is 2. The number of hydrogen-bond acceptors (Lipinski definition) is 9. The van der Waals surface area contributed by atoms with E-state index in [2.05, 4.69) is 0 Å². The highest BCUT2D eigenvalue weighted by atomic mass is 16.6. The highest BCUT2D eigenvalue weighted by molar-refractivity contribution is 5.98. The number of carbonyl (C=O) groups excluding carboxylic acids is 2. The normalized spacial score (nSPS) is 40.0. The SMILES string of the molecule is COc1c2c(c(C)c3c1C(O)C1C(C)(CC(O)C4(O)C(C)(C)OC(=O)CCC14C)O3)COC2=O. The van der Waals surface area contributed by atoms with Gasteiger partial charge in [0.15, 0.2) is 0 Å². The molecule has 1 saturated heterocycles. The van der Waals surface area contributed by atoms with E-state index in [1.807, 2.05) is 0 Å². The number of fused-ring (bicyclic) bond motifs is 5. The third kappa shape index (κ3) is 2.55. The molecule has 0 aromatic heterocycles. The fourth-order valence-electron chi connectivity index (χ4n) is 7.47. The maximum atomic E-state index is 12.5. The van der Waals surface area contributed by atoms with E-state index in [1.54, 1.807) is 34.6 Å². The van der Waals surface area contributed by atoms with Crippen molar-refractivity contribution in [3.05, 3.63) is 22.3 Å². The first-order chi connectivity index (χ1) is 15.7. The number of benzene rings is 1. The van der Waals surface area contributed by atoms with Crippen LogP contribution in [0.5, 0.6) is 11.5 Å². The molecule has 0 radical (unpaired) electrons. The van der Waals surface area contributed by atoms with Gasteiger partial charge in [-0.25, -0.2) is 4.79 Å². The van der Waals surface area contributed by atoms with Crippen LogP contribution in [-0.2, 0) is 20.9 Å². The van der Waals surface area contributed by atoms with Crippen LogP contribution in [0.25, 0.3) is 0 Å². The molecule has 9 heteroatoms. The molecule has 34 heavy (non-hydrogen) atoms. The summed E-state index contributed by atoms with van der Waals surface area (Å²) in [7, 11) is 1.42. The maximum Gasteiger partial charge on any atom is 0.342 e. The van der Waals surface area contributed by atoms with Crippen molar-refractivity contribution in [3.8, 4) is 11.5 Å². The summed E-state index contributed by atoms with van der Waals surface area (Å²) < 4.78 is 23.1. The molecule has 0 spiro atoms. The van der Waals surface area contributed by atoms with Crippen molar-refractivity contribution in [3.63, 3.8) is 0 Å². The Morgan fingerprint density at radius 3 is 2.41 bits per heavy atom. The van der Waals surface area contributed by atoms with E-state index in [1.165, 1.54) is 7.11 Å². The Bertz CT molecular complexity index is 1110. The van der Waals surface area contributed by atoms with Crippen LogP contribution >= 0.6 is 0 Å². The van der Waals surface area contributed by atoms with Crippen molar-refractivity contribution >= 4 is 11.9 Å². The third-order valence-electron chi connectivity index (χ3n) is 8.95. The largest absolute Gasteiger partial charge is 0.495 e. The van der Waals surface area contributed by atoms with Gasteiger partial charge in [-0.2, -0.15) is 0 Å². The number of aliphatic hydroxyl groups excluding tert-OH is 2. The summed E-state index contributed by atoms with van der Waals surface area (Å²) in [5.41, 5.74) is -3.73. The highest BCUT2D eigenvalue weighted by Gasteiger charge is 2.74. The second-order valence-corrected chi connectivity index (χ2v) is 11.1. The molecule has 5 rings (SSSR count). The van der Waals surface area contributed by atoms with E-state index in [0.717, 1.165) is 0 Å². The molecular formula is C25H32O9. The molecule has 4 aliphatic rings. The predicted octanol–water partition coefficient (Wildman–Crippen LogP) is 2.09. The Morgan fingerprint density at radius 1 is 1.09 bits per heavy atom. The summed E-state index contributed by atoms with van der Waals surface area (Å²) >= 11 is 0. The van der Waals surface area contributed by atoms with Crippen LogP contribution in [-0.4, -0.2) is 57.3 Å². The van der Waals surface area contributed by atoms with Gasteiger partial charge < -0.3 is 34.3 Å². The van der Waals surface area contributed by atoms with E-state index in [9.17, 15) is 24.9 Å². The lowest BCUT2D eigenvalue weighted by Gasteiger charge is -2.65. The topological polar surface area (TPSA) is 132 Å². The van der Waals surface area contributed by atoms with Gasteiger partial charge in [0.25, 0.3) is 0 Å². The van der Waals surface area contributed by atoms with Crippen molar-refractivity contribution in [2.75, 3.05) is 7.11 Å². The molecule has 1 aromatic carbocycles. The Kier molecular flexibility index (Phi) is 4.72. The number of rotatable bonds is 1. The van der Waals surface area contributed by atoms with Crippen LogP contribution in [0.2, 0.25) is 0 Å². The van der Waals surface area contributed by atoms with Gasteiger partial charge in [-0.3, -0.25) is 4.79 Å². The summed E-state index contributed by atoms with van der Waals surface area (Å²) in [6, 6.07) is 0. The van der Waals surface area contributed by atoms with Gasteiger partial charge in [0.1, 0.15) is 40.5 Å². The molecule has 0 bridgehead atoms. The molecule has 6 unspecified atom stereocenters. The van der Waals surface area contributed by atoms with E-state index in [-0.39, 0.29) is 37.2 Å². The van der Waals surface area contributed by atoms with E-state index in [4.69, 9.17) is 18.9 Å². The minimum absolute atomic E-state index is 0.00446. The minimum atomic E-state index is -1.88. The molecule has 2 fully saturated rings. The quantitative estimate of drug-likeness (QED) is 0.521. The first-order valence-corrected chi connectivity index (χ1v) is 11.6. The molecular weight excluding hydrogens is 444 g/mol. The molecule has 9 nitrogen and oxygen atoms in total. The fourth-order valence-corrected chi connectivity index (χ4v) is 7.47. The van der Waals surface area contributed by atoms with Crippen LogP contribution in [0, 0.1) is 18.3 Å². The molecule has 3 N–H and O–H groups in total. The monoisotopic (exact) mass is 476 g/mol. The molecule has 1 aliphatic carbocycles. The molecule has 0 amide bonds. The summed E-state index contributed by atoms with van der Waals surface area (Å²) in [5.74, 6) is -1.20. The summed E-state index contributed by atoms with van der Waals surface area (Å²) in [4.78, 5) is 25.0. The van der Waals surface area contributed by atoms with E-state index < -0.39 is 52.3 Å². The lowest BCUT2D eigenvalue weighted by Crippen LogP contribution is -2.77. The van der Waals surface area contributed by atoms with Gasteiger partial charge in [-0.05, 0) is 39.7 Å². The van der Waals surface area contributed by atoms with Gasteiger partial charge in [0.2, 0.25) is 0 Å². The summed E-state index contributed by atoms with van der Waals surface area (Å²) in [5, 5.41) is 35.5. The minimum Gasteiger partial charge on any atom is -0.495 e. The lowest BCUT2D eigenvalue weighted by molar-refractivity contribution is -0.315. The van der Waals surface area contributed by atoms with Crippen LogP contribution in [0.4, 0.5) is 0 Å². The fraction of sp³-hybridized carbons (Fsp3) is 0.680. The molecule has 1 saturated carbocycles. The molecule has 6 atom stereocenters. The average Bonchev–Trinajstić information content (AvgIpc) is 3.10. The van der Waals surface area contributed by atoms with Crippen LogP contribution in [0.1, 0.15) is 80.1 Å². The Balaban J connectivity index is 1.78. The van der Waals surface area contributed by atoms with Crippen LogP contribution in [0.15, 0.2) is 0 Å². The zero-order valence-corrected chi connectivity index (χ0v) is 20.4. The first-order valence-electron chi connectivity index (χ1n) is 11.6. The highest BCUT2D eigenvalue weighted by Crippen LogP contribution is 2.67. The van der Waals surface area contributed by atoms with Crippen LogP contribution < -0.4 is 9.47 Å². The molecule has 3 heterocycles. The van der Waals surface area contributed by atoms with Gasteiger partial charge in [-0.15, -0.1) is 0 Å². The van der Waals surface area contributed by atoms with E-state index >= 15 is 0 Å². The van der Waals surface area contributed by atoms with Crippen molar-refractivity contribution in [2.45, 2.75) is 89.5 Å². The zero-order chi connectivity index (χ0) is 25.0. The van der Waals surface area contributed by atoms with Crippen molar-refractivity contribution in [1.29, 1.82) is 0 Å². The third-order valence-corrected chi connectivity index (χ3v) is 8.95. The number of ether oxygens (including phenoxy) is 4. The second kappa shape index (κ2) is 6.86. The lowest BCUT2D eigenvalue weighted by atomic mass is 9.46. The van der Waals surface area contributed by atoms with Crippen molar-refractivity contribution in [2.24, 2.45) is 11.3 Å². The standard InChI is InChI=1S/C25H32O9/c1-11-12-10-32-21(29)15(12)19(31-6)16-17(28)20-23(4)8-7-14(27)33-22(2,3)25(23,30)13(26)9-24(20,5)34-18(11)16/h13,17,20,26,28,30H,7-10H2,1-6H3. The van der Waals surface area contributed by atoms with Gasteiger partial charge in [0.05, 0.1) is 24.9 Å².